The van der Waals surface area contributed by atoms with Gasteiger partial charge in [-0.25, -0.2) is 0 Å². The highest BCUT2D eigenvalue weighted by Crippen LogP contribution is 2.36. The first kappa shape index (κ1) is 15.0. The van der Waals surface area contributed by atoms with Gasteiger partial charge in [-0.05, 0) is 44.7 Å². The van der Waals surface area contributed by atoms with Crippen LogP contribution in [0.2, 0.25) is 0 Å². The maximum absolute atomic E-state index is 5.65. The van der Waals surface area contributed by atoms with E-state index < -0.39 is 0 Å². The first-order valence-electron chi connectivity index (χ1n) is 7.43. The summed E-state index contributed by atoms with van der Waals surface area (Å²) in [5, 5.41) is 3.55. The van der Waals surface area contributed by atoms with Gasteiger partial charge in [-0.1, -0.05) is 0 Å². The molecule has 0 bridgehead atoms. The molecular formula is C16H25NO3. The second-order valence-electron chi connectivity index (χ2n) is 5.07. The van der Waals surface area contributed by atoms with Gasteiger partial charge >= 0.3 is 0 Å². The maximum Gasteiger partial charge on any atom is 0.163 e. The summed E-state index contributed by atoms with van der Waals surface area (Å²) >= 11 is 0. The van der Waals surface area contributed by atoms with E-state index in [0.717, 1.165) is 29.7 Å². The maximum atomic E-state index is 5.65. The molecule has 1 aliphatic rings. The monoisotopic (exact) mass is 279 g/mol. The molecule has 1 atom stereocenters. The van der Waals surface area contributed by atoms with E-state index in [2.05, 4.69) is 5.32 Å². The smallest absolute Gasteiger partial charge is 0.163 e. The molecule has 20 heavy (non-hydrogen) atoms. The Bertz CT molecular complexity index is 418. The highest BCUT2D eigenvalue weighted by atomic mass is 16.5. The molecule has 0 aromatic heterocycles. The van der Waals surface area contributed by atoms with Crippen molar-refractivity contribution in [1.29, 1.82) is 0 Å². The summed E-state index contributed by atoms with van der Waals surface area (Å²) in [4.78, 5) is 0. The molecule has 0 radical (unpaired) electrons. The average molecular weight is 279 g/mol. The standard InChI is InChI=1S/C16H25NO3/c1-4-19-15-9-8-13(10-16(15)20-5-2)17-14(11-18-3)12-6-7-12/h8-10,12,14,17H,4-7,11H2,1-3H3. The van der Waals surface area contributed by atoms with Gasteiger partial charge in [0, 0.05) is 18.9 Å². The first-order valence-corrected chi connectivity index (χ1v) is 7.43. The molecule has 0 spiro atoms. The van der Waals surface area contributed by atoms with Crippen LogP contribution < -0.4 is 14.8 Å². The third-order valence-electron chi connectivity index (χ3n) is 3.43. The summed E-state index contributed by atoms with van der Waals surface area (Å²) in [5.74, 6) is 2.33. The Morgan fingerprint density at radius 3 is 2.45 bits per heavy atom. The van der Waals surface area contributed by atoms with Gasteiger partial charge < -0.3 is 19.5 Å². The van der Waals surface area contributed by atoms with Crippen molar-refractivity contribution in [2.75, 3.05) is 32.2 Å². The molecule has 1 fully saturated rings. The van der Waals surface area contributed by atoms with E-state index in [1.807, 2.05) is 32.0 Å². The summed E-state index contributed by atoms with van der Waals surface area (Å²) in [6.07, 6.45) is 2.58. The number of ether oxygens (including phenoxy) is 3. The fourth-order valence-corrected chi connectivity index (χ4v) is 2.33. The van der Waals surface area contributed by atoms with Crippen molar-refractivity contribution >= 4 is 5.69 Å². The van der Waals surface area contributed by atoms with Crippen molar-refractivity contribution in [3.63, 3.8) is 0 Å². The molecule has 4 nitrogen and oxygen atoms in total. The van der Waals surface area contributed by atoms with Gasteiger partial charge in [0.05, 0.1) is 25.9 Å². The van der Waals surface area contributed by atoms with Crippen LogP contribution in [-0.4, -0.2) is 33.0 Å². The van der Waals surface area contributed by atoms with E-state index in [9.17, 15) is 0 Å². The minimum Gasteiger partial charge on any atom is -0.490 e. The topological polar surface area (TPSA) is 39.7 Å². The van der Waals surface area contributed by atoms with Crippen LogP contribution in [0.4, 0.5) is 5.69 Å². The van der Waals surface area contributed by atoms with Gasteiger partial charge in [0.2, 0.25) is 0 Å². The molecule has 0 aliphatic heterocycles. The van der Waals surface area contributed by atoms with E-state index in [1.165, 1.54) is 12.8 Å². The zero-order valence-corrected chi connectivity index (χ0v) is 12.6. The number of rotatable bonds is 9. The highest BCUT2D eigenvalue weighted by molar-refractivity contribution is 5.55. The van der Waals surface area contributed by atoms with Crippen LogP contribution >= 0.6 is 0 Å². The van der Waals surface area contributed by atoms with Crippen molar-refractivity contribution in [3.8, 4) is 11.5 Å². The fraction of sp³-hybridized carbons (Fsp3) is 0.625. The number of hydrogen-bond acceptors (Lipinski definition) is 4. The average Bonchev–Trinajstić information content (AvgIpc) is 3.26. The highest BCUT2D eigenvalue weighted by Gasteiger charge is 2.31. The summed E-state index contributed by atoms with van der Waals surface area (Å²) in [7, 11) is 1.75. The van der Waals surface area contributed by atoms with Gasteiger partial charge in [-0.15, -0.1) is 0 Å². The van der Waals surface area contributed by atoms with Crippen LogP contribution in [0.1, 0.15) is 26.7 Å². The first-order chi connectivity index (χ1) is 9.78. The van der Waals surface area contributed by atoms with Crippen LogP contribution in [-0.2, 0) is 4.74 Å². The van der Waals surface area contributed by atoms with Crippen LogP contribution in [0.5, 0.6) is 11.5 Å². The van der Waals surface area contributed by atoms with Gasteiger partial charge in [0.25, 0.3) is 0 Å². The number of methoxy groups -OCH3 is 1. The molecule has 0 amide bonds. The Labute approximate surface area is 121 Å². The van der Waals surface area contributed by atoms with Crippen LogP contribution in [0.3, 0.4) is 0 Å². The van der Waals surface area contributed by atoms with E-state index in [1.54, 1.807) is 7.11 Å². The molecular weight excluding hydrogens is 254 g/mol. The van der Waals surface area contributed by atoms with E-state index in [0.29, 0.717) is 19.3 Å². The van der Waals surface area contributed by atoms with Crippen molar-refractivity contribution in [2.24, 2.45) is 5.92 Å². The predicted octanol–water partition coefficient (Wildman–Crippen LogP) is 3.32. The summed E-state index contributed by atoms with van der Waals surface area (Å²) < 4.78 is 16.5. The molecule has 1 N–H and O–H groups in total. The molecule has 0 heterocycles. The summed E-state index contributed by atoms with van der Waals surface area (Å²) in [6.45, 7) is 5.97. The lowest BCUT2D eigenvalue weighted by Crippen LogP contribution is -2.27. The Morgan fingerprint density at radius 2 is 1.85 bits per heavy atom. The molecule has 1 aromatic rings. The van der Waals surface area contributed by atoms with Crippen LogP contribution in [0, 0.1) is 5.92 Å². The van der Waals surface area contributed by atoms with Gasteiger partial charge in [-0.2, -0.15) is 0 Å². The molecule has 0 saturated heterocycles. The molecule has 1 unspecified atom stereocenters. The lowest BCUT2D eigenvalue weighted by atomic mass is 10.1. The fourth-order valence-electron chi connectivity index (χ4n) is 2.33. The number of benzene rings is 1. The molecule has 4 heteroatoms. The second kappa shape index (κ2) is 7.39. The van der Waals surface area contributed by atoms with Gasteiger partial charge in [0.1, 0.15) is 0 Å². The van der Waals surface area contributed by atoms with E-state index in [-0.39, 0.29) is 0 Å². The third kappa shape index (κ3) is 4.04. The van der Waals surface area contributed by atoms with Crippen molar-refractivity contribution < 1.29 is 14.2 Å². The van der Waals surface area contributed by atoms with Crippen molar-refractivity contribution in [1.82, 2.24) is 0 Å². The zero-order chi connectivity index (χ0) is 14.4. The predicted molar refractivity (Wildman–Crippen MR) is 80.8 cm³/mol. The van der Waals surface area contributed by atoms with E-state index in [4.69, 9.17) is 14.2 Å². The number of hydrogen-bond donors (Lipinski definition) is 1. The summed E-state index contributed by atoms with van der Waals surface area (Å²) in [5.41, 5.74) is 1.06. The second-order valence-corrected chi connectivity index (χ2v) is 5.07. The molecule has 1 aliphatic carbocycles. The zero-order valence-electron chi connectivity index (χ0n) is 12.6. The largest absolute Gasteiger partial charge is 0.490 e. The van der Waals surface area contributed by atoms with Crippen molar-refractivity contribution in [2.45, 2.75) is 32.7 Å². The molecule has 2 rings (SSSR count). The number of anilines is 1. The third-order valence-corrected chi connectivity index (χ3v) is 3.43. The Balaban J connectivity index is 2.08. The van der Waals surface area contributed by atoms with E-state index >= 15 is 0 Å². The quantitative estimate of drug-likeness (QED) is 0.752. The minimum atomic E-state index is 0.382. The van der Waals surface area contributed by atoms with Gasteiger partial charge in [-0.3, -0.25) is 0 Å². The Kier molecular flexibility index (Phi) is 5.53. The lowest BCUT2D eigenvalue weighted by molar-refractivity contribution is 0.179. The SMILES string of the molecule is CCOc1ccc(NC(COC)C2CC2)cc1OCC. The minimum absolute atomic E-state index is 0.382. The Morgan fingerprint density at radius 1 is 1.15 bits per heavy atom. The van der Waals surface area contributed by atoms with Crippen LogP contribution in [0.15, 0.2) is 18.2 Å². The summed E-state index contributed by atoms with van der Waals surface area (Å²) in [6, 6.07) is 6.40. The normalized spacial score (nSPS) is 15.8. The molecule has 1 saturated carbocycles. The molecule has 1 aromatic carbocycles. The molecule has 112 valence electrons. The van der Waals surface area contributed by atoms with Crippen LogP contribution in [0.25, 0.3) is 0 Å². The lowest BCUT2D eigenvalue weighted by Gasteiger charge is -2.20. The van der Waals surface area contributed by atoms with Gasteiger partial charge in [0.15, 0.2) is 11.5 Å². The number of nitrogens with one attached hydrogen (secondary N) is 1. The Hall–Kier alpha value is -1.42. The van der Waals surface area contributed by atoms with Crippen molar-refractivity contribution in [3.05, 3.63) is 18.2 Å².